The predicted molar refractivity (Wildman–Crippen MR) is 77.5 cm³/mol. The number of fused-ring (bicyclic) bond motifs is 1. The molecule has 1 aromatic carbocycles. The van der Waals surface area contributed by atoms with Crippen molar-refractivity contribution < 1.29 is 14.6 Å². The lowest BCUT2D eigenvalue weighted by atomic mass is 10.0. The molecule has 0 saturated carbocycles. The number of tetrazole rings is 1. The summed E-state index contributed by atoms with van der Waals surface area (Å²) in [6.45, 7) is 2.61. The number of para-hydroxylation sites is 1. The summed E-state index contributed by atoms with van der Waals surface area (Å²) >= 11 is 0. The summed E-state index contributed by atoms with van der Waals surface area (Å²) < 4.78 is 7.28. The molecule has 0 unspecified atom stereocenters. The third kappa shape index (κ3) is 2.50. The topological polar surface area (TPSA) is 102 Å². The zero-order valence-corrected chi connectivity index (χ0v) is 11.9. The third-order valence-electron chi connectivity index (χ3n) is 3.26. The van der Waals surface area contributed by atoms with E-state index in [0.29, 0.717) is 12.4 Å². The Labute approximate surface area is 126 Å². The highest BCUT2D eigenvalue weighted by Crippen LogP contribution is 2.33. The van der Waals surface area contributed by atoms with Crippen molar-refractivity contribution in [2.45, 2.75) is 19.4 Å². The summed E-state index contributed by atoms with van der Waals surface area (Å²) in [4.78, 5) is 11.3. The maximum absolute atomic E-state index is 11.3. The molecule has 22 heavy (non-hydrogen) atoms. The summed E-state index contributed by atoms with van der Waals surface area (Å²) in [5.74, 6) is -0.0832. The van der Waals surface area contributed by atoms with Gasteiger partial charge in [0.1, 0.15) is 17.5 Å². The number of hydrogen-bond acceptors (Lipinski definition) is 6. The van der Waals surface area contributed by atoms with E-state index in [1.54, 1.807) is 6.08 Å². The van der Waals surface area contributed by atoms with Crippen LogP contribution in [0.4, 0.5) is 5.95 Å². The van der Waals surface area contributed by atoms with Crippen molar-refractivity contribution in [3.05, 3.63) is 41.6 Å². The van der Waals surface area contributed by atoms with Gasteiger partial charge in [-0.25, -0.2) is 4.79 Å². The molecule has 2 N–H and O–H groups in total. The highest BCUT2D eigenvalue weighted by atomic mass is 16.5. The van der Waals surface area contributed by atoms with Crippen molar-refractivity contribution in [3.8, 4) is 5.75 Å². The Kier molecular flexibility index (Phi) is 3.73. The van der Waals surface area contributed by atoms with Crippen LogP contribution in [0, 0.1) is 0 Å². The minimum Gasteiger partial charge on any atom is -0.493 e. The molecule has 1 aliphatic heterocycles. The number of benzene rings is 1. The predicted octanol–water partition coefficient (Wildman–Crippen LogP) is 1.45. The highest BCUT2D eigenvalue weighted by molar-refractivity contribution is 5.90. The Hall–Kier alpha value is -2.90. The number of nitrogens with one attached hydrogen (secondary N) is 1. The molecule has 1 aliphatic rings. The van der Waals surface area contributed by atoms with Gasteiger partial charge in [-0.2, -0.15) is 4.68 Å². The maximum atomic E-state index is 11.3. The molecule has 1 atom stereocenters. The number of carboxylic acids is 1. The van der Waals surface area contributed by atoms with Gasteiger partial charge in [-0.15, -0.1) is 0 Å². The fraction of sp³-hybridized carbons (Fsp3) is 0.286. The number of aromatic nitrogens is 4. The summed E-state index contributed by atoms with van der Waals surface area (Å²) in [6.07, 6.45) is 2.45. The van der Waals surface area contributed by atoms with Crippen molar-refractivity contribution in [1.82, 2.24) is 20.2 Å². The minimum absolute atomic E-state index is 0.0394. The van der Waals surface area contributed by atoms with Crippen molar-refractivity contribution in [1.29, 1.82) is 0 Å². The number of ether oxygens (including phenoxy) is 1. The average molecular weight is 301 g/mol. The Balaban J connectivity index is 2.05. The molecule has 8 heteroatoms. The van der Waals surface area contributed by atoms with Gasteiger partial charge in [-0.3, -0.25) is 0 Å². The van der Waals surface area contributed by atoms with Crippen LogP contribution in [0.2, 0.25) is 0 Å². The van der Waals surface area contributed by atoms with Crippen molar-refractivity contribution in [2.24, 2.45) is 0 Å². The Morgan fingerprint density at radius 2 is 2.27 bits per heavy atom. The summed E-state index contributed by atoms with van der Waals surface area (Å²) in [7, 11) is 0. The molecule has 2 heterocycles. The first-order valence-electron chi connectivity index (χ1n) is 6.92. The zero-order valence-electron chi connectivity index (χ0n) is 11.9. The molecule has 3 rings (SSSR count). The largest absolute Gasteiger partial charge is 0.493 e. The molecule has 0 radical (unpaired) electrons. The van der Waals surface area contributed by atoms with Crippen LogP contribution in [0.1, 0.15) is 24.9 Å². The molecule has 2 aromatic rings. The lowest BCUT2D eigenvalue weighted by Gasteiger charge is -2.23. The number of rotatable bonds is 5. The van der Waals surface area contributed by atoms with E-state index in [2.05, 4.69) is 20.8 Å². The number of allylic oxidation sites excluding steroid dienone is 1. The fourth-order valence-electron chi connectivity index (χ4n) is 2.27. The molecule has 8 nitrogen and oxygen atoms in total. The van der Waals surface area contributed by atoms with E-state index in [9.17, 15) is 9.90 Å². The number of aliphatic carboxylic acids is 1. The smallest absolute Gasteiger partial charge is 0.352 e. The van der Waals surface area contributed by atoms with Gasteiger partial charge in [-0.05, 0) is 29.0 Å². The lowest BCUT2D eigenvalue weighted by Crippen LogP contribution is -2.24. The van der Waals surface area contributed by atoms with Gasteiger partial charge in [0.25, 0.3) is 0 Å². The summed E-state index contributed by atoms with van der Waals surface area (Å²) in [5.41, 5.74) is 0.849. The van der Waals surface area contributed by atoms with Crippen LogP contribution in [0.3, 0.4) is 0 Å². The molecule has 0 aliphatic carbocycles. The summed E-state index contributed by atoms with van der Waals surface area (Å²) in [6, 6.07) is 7.03. The molecule has 0 fully saturated rings. The van der Waals surface area contributed by atoms with E-state index in [-0.39, 0.29) is 11.6 Å². The third-order valence-corrected chi connectivity index (χ3v) is 3.26. The van der Waals surface area contributed by atoms with Crippen LogP contribution in [-0.2, 0) is 4.79 Å². The minimum atomic E-state index is -1.06. The van der Waals surface area contributed by atoms with Crippen LogP contribution in [-0.4, -0.2) is 37.9 Å². The zero-order chi connectivity index (χ0) is 15.5. The van der Waals surface area contributed by atoms with Gasteiger partial charge in [0, 0.05) is 5.56 Å². The van der Waals surface area contributed by atoms with Crippen molar-refractivity contribution in [2.75, 3.05) is 11.9 Å². The van der Waals surface area contributed by atoms with E-state index in [1.165, 1.54) is 4.68 Å². The van der Waals surface area contributed by atoms with Crippen molar-refractivity contribution in [3.63, 3.8) is 0 Å². The van der Waals surface area contributed by atoms with Crippen molar-refractivity contribution >= 4 is 11.9 Å². The van der Waals surface area contributed by atoms with Gasteiger partial charge in [-0.1, -0.05) is 30.2 Å². The monoisotopic (exact) mass is 301 g/mol. The second-order valence-corrected chi connectivity index (χ2v) is 4.79. The molecule has 0 amide bonds. The second-order valence-electron chi connectivity index (χ2n) is 4.79. The Bertz CT molecular complexity index is 725. The Morgan fingerprint density at radius 1 is 1.45 bits per heavy atom. The molecule has 0 saturated heterocycles. The van der Waals surface area contributed by atoms with Gasteiger partial charge in [0.2, 0.25) is 5.95 Å². The number of anilines is 1. The fourth-order valence-corrected chi connectivity index (χ4v) is 2.27. The molecular formula is C14H15N5O3. The molecule has 1 aromatic heterocycles. The molecule has 0 bridgehead atoms. The van der Waals surface area contributed by atoms with Gasteiger partial charge < -0.3 is 15.2 Å². The lowest BCUT2D eigenvalue weighted by molar-refractivity contribution is -0.132. The standard InChI is InChI=1S/C14H15N5O3/c1-2-7-22-12-6-4-3-5-9(12)11-8-10(13(20)21)15-14-16-17-18-19(11)14/h3-6,8,11H,2,7H2,1H3,(H,20,21)(H,15,16,18)/t11-/m0/s1. The SMILES string of the molecule is CCCOc1ccccc1[C@@H]1C=C(C(=O)O)Nc2nnnn21. The average Bonchev–Trinajstić information content (AvgIpc) is 3.00. The Morgan fingerprint density at radius 3 is 3.05 bits per heavy atom. The van der Waals surface area contributed by atoms with E-state index < -0.39 is 12.0 Å². The second kappa shape index (κ2) is 5.84. The maximum Gasteiger partial charge on any atom is 0.352 e. The van der Waals surface area contributed by atoms with Gasteiger partial charge in [0.15, 0.2) is 0 Å². The first-order chi connectivity index (χ1) is 10.7. The van der Waals surface area contributed by atoms with Gasteiger partial charge >= 0.3 is 5.97 Å². The molecule has 114 valence electrons. The highest BCUT2D eigenvalue weighted by Gasteiger charge is 2.28. The normalized spacial score (nSPS) is 16.4. The first-order valence-corrected chi connectivity index (χ1v) is 6.92. The van der Waals surface area contributed by atoms with Crippen LogP contribution in [0.15, 0.2) is 36.0 Å². The number of nitrogens with zero attached hydrogens (tertiary/aromatic N) is 4. The van der Waals surface area contributed by atoms with Crippen LogP contribution < -0.4 is 10.1 Å². The number of carboxylic acid groups (broad SMARTS) is 1. The van der Waals surface area contributed by atoms with E-state index in [4.69, 9.17) is 4.74 Å². The first kappa shape index (κ1) is 14.1. The quantitative estimate of drug-likeness (QED) is 0.861. The van der Waals surface area contributed by atoms with E-state index >= 15 is 0 Å². The van der Waals surface area contributed by atoms with Gasteiger partial charge in [0.05, 0.1) is 6.61 Å². The molecule has 0 spiro atoms. The summed E-state index contributed by atoms with van der Waals surface area (Å²) in [5, 5.41) is 23.3. The number of carbonyl (C=O) groups is 1. The van der Waals surface area contributed by atoms with Crippen LogP contribution in [0.5, 0.6) is 5.75 Å². The van der Waals surface area contributed by atoms with Crippen LogP contribution in [0.25, 0.3) is 0 Å². The van der Waals surface area contributed by atoms with E-state index in [1.807, 2.05) is 31.2 Å². The van der Waals surface area contributed by atoms with Crippen LogP contribution >= 0.6 is 0 Å². The molecular weight excluding hydrogens is 286 g/mol. The van der Waals surface area contributed by atoms with E-state index in [0.717, 1.165) is 12.0 Å². The number of hydrogen-bond donors (Lipinski definition) is 2.